The molecule has 416 valence electrons. The Labute approximate surface area is 449 Å². The van der Waals surface area contributed by atoms with Crippen molar-refractivity contribution >= 4 is 75.0 Å². The molecular weight excluding hydrogens is 991 g/mol. The van der Waals surface area contributed by atoms with E-state index in [1.54, 1.807) is 33.9 Å². The average Bonchev–Trinajstić information content (AvgIpc) is 4.15. The summed E-state index contributed by atoms with van der Waals surface area (Å²) in [5.41, 5.74) is 8.97. The molecule has 0 saturated carbocycles. The summed E-state index contributed by atoms with van der Waals surface area (Å²) in [5.74, 6) is -2.88. The number of carbonyl (C=O) groups is 6. The van der Waals surface area contributed by atoms with E-state index < -0.39 is 41.3 Å². The molecule has 21 nitrogen and oxygen atoms in total. The first-order valence-corrected chi connectivity index (χ1v) is 26.5. The fourth-order valence-electron chi connectivity index (χ4n) is 9.90. The highest BCUT2D eigenvalue weighted by molar-refractivity contribution is 6.23. The van der Waals surface area contributed by atoms with Gasteiger partial charge in [-0.1, -0.05) is 13.8 Å². The molecule has 4 aliphatic heterocycles. The molecular formula is C56H75N9O12. The predicted octanol–water partition coefficient (Wildman–Crippen LogP) is 5.55. The number of hydrogen-bond donors (Lipinski definition) is 5. The van der Waals surface area contributed by atoms with Crippen molar-refractivity contribution in [2.75, 3.05) is 106 Å². The van der Waals surface area contributed by atoms with Crippen molar-refractivity contribution in [1.82, 2.24) is 45.3 Å². The van der Waals surface area contributed by atoms with Crippen LogP contribution in [-0.2, 0) is 38.1 Å². The normalized spacial score (nSPS) is 16.8. The number of esters is 1. The Morgan fingerprint density at radius 2 is 1.57 bits per heavy atom. The molecule has 3 aromatic rings. The van der Waals surface area contributed by atoms with E-state index in [4.69, 9.17) is 38.8 Å². The molecule has 1 saturated heterocycles. The Kier molecular flexibility index (Phi) is 19.6. The van der Waals surface area contributed by atoms with Gasteiger partial charge >= 0.3 is 12.1 Å². The van der Waals surface area contributed by atoms with Crippen LogP contribution in [0.3, 0.4) is 0 Å². The number of ether oxygens (including phenoxy) is 5. The monoisotopic (exact) mass is 1070 g/mol. The lowest BCUT2D eigenvalue weighted by Crippen LogP contribution is -2.47. The number of hydrogen-bond acceptors (Lipinski definition) is 15. The van der Waals surface area contributed by atoms with Gasteiger partial charge in [0.2, 0.25) is 11.8 Å². The van der Waals surface area contributed by atoms with Gasteiger partial charge in [0, 0.05) is 98.5 Å². The van der Waals surface area contributed by atoms with E-state index in [2.05, 4.69) is 32.4 Å². The second kappa shape index (κ2) is 26.0. The van der Waals surface area contributed by atoms with Crippen LogP contribution in [-0.4, -0.2) is 187 Å². The molecule has 2 atom stereocenters. The molecule has 0 aliphatic carbocycles. The Bertz CT molecular complexity index is 2950. The summed E-state index contributed by atoms with van der Waals surface area (Å²) in [6.07, 6.45) is 3.39. The number of nitrogens with one attached hydrogen (secondary N) is 4. The number of aromatic nitrogens is 4. The van der Waals surface area contributed by atoms with Gasteiger partial charge in [-0.3, -0.25) is 34.0 Å². The number of amides is 5. The maximum absolute atomic E-state index is 15.3. The van der Waals surface area contributed by atoms with Crippen LogP contribution in [0.2, 0.25) is 0 Å². The summed E-state index contributed by atoms with van der Waals surface area (Å²) in [6.45, 7) is 19.1. The SMILES string of the molecule is CCC1=C(C)c2cc3[nH]c(cc4nc(c5c6[nH]c(cc1n2)c(C)c6C(=O)N(CCN1CCOCC1)C5=O)[C@@H](CCC(=O)N(C)CCNC(=O)CNC(=O)OC(C)(C)C)[C@@H]4C)c(C)c3/C=C/C(=O)OCCOCCOCCO. The van der Waals surface area contributed by atoms with Crippen LogP contribution in [0.1, 0.15) is 133 Å². The fraction of sp³-hybridized carbons (Fsp3) is 0.536. The number of likely N-dealkylation sites (N-methyl/N-ethyl adjacent to an activating group) is 1. The van der Waals surface area contributed by atoms with E-state index in [-0.39, 0.29) is 76.4 Å². The van der Waals surface area contributed by atoms with Crippen LogP contribution < -0.4 is 10.6 Å². The number of aromatic amines is 2. The first-order chi connectivity index (χ1) is 36.8. The number of fused-ring (bicyclic) bond motifs is 8. The van der Waals surface area contributed by atoms with E-state index in [0.29, 0.717) is 115 Å². The Morgan fingerprint density at radius 3 is 2.29 bits per heavy atom. The van der Waals surface area contributed by atoms with Gasteiger partial charge in [0.1, 0.15) is 12.2 Å². The van der Waals surface area contributed by atoms with Crippen molar-refractivity contribution in [3.8, 4) is 0 Å². The standard InChI is InChI=1S/C56H75N9O12/c1-10-37-33(2)41-30-45-38(12-14-48(69)76-28-27-75-26-25-74-24-21-66)34(3)40(60-45)29-42-35(4)39(11-13-47(68)63(9)16-15-57-46(67)32-58-55(72)77-56(6,7)8)51(61-42)50-52-49(36(5)43(62-52)31-44(37)59-41)53(70)65(54(50)71)18-17-64-19-22-73-23-20-64/h12,14,29-31,35,39,60,62,66H,10-11,13,15-28,32H2,1-9H3,(H,57,67)(H,58,72)/b14-12+,40-29?,41-30?,42-29?,43-31?,44-31?,45-30?,51-50?/t35-,39-/m0/s1. The lowest BCUT2D eigenvalue weighted by Gasteiger charge is -2.31. The first-order valence-electron chi connectivity index (χ1n) is 26.5. The van der Waals surface area contributed by atoms with E-state index in [0.717, 1.165) is 22.3 Å². The molecule has 4 aliphatic rings. The van der Waals surface area contributed by atoms with E-state index in [1.807, 2.05) is 45.9 Å². The number of aryl methyl sites for hydroxylation is 2. The smallest absolute Gasteiger partial charge is 0.408 e. The van der Waals surface area contributed by atoms with Crippen LogP contribution >= 0.6 is 0 Å². The number of alkyl carbamates (subject to hydrolysis) is 1. The second-order valence-electron chi connectivity index (χ2n) is 20.6. The van der Waals surface area contributed by atoms with E-state index >= 15 is 4.79 Å². The van der Waals surface area contributed by atoms with E-state index in [1.165, 1.54) is 15.9 Å². The van der Waals surface area contributed by atoms with Crippen molar-refractivity contribution in [2.24, 2.45) is 0 Å². The third-order valence-corrected chi connectivity index (χ3v) is 14.2. The summed E-state index contributed by atoms with van der Waals surface area (Å²) >= 11 is 0. The zero-order valence-corrected chi connectivity index (χ0v) is 45.9. The molecule has 7 rings (SSSR count). The minimum atomic E-state index is -0.719. The Balaban J connectivity index is 1.28. The summed E-state index contributed by atoms with van der Waals surface area (Å²) < 4.78 is 26.9. The predicted molar refractivity (Wildman–Crippen MR) is 290 cm³/mol. The average molecular weight is 1070 g/mol. The van der Waals surface area contributed by atoms with Crippen molar-refractivity contribution in [1.29, 1.82) is 0 Å². The number of aliphatic hydroxyl groups excluding tert-OH is 1. The molecule has 77 heavy (non-hydrogen) atoms. The summed E-state index contributed by atoms with van der Waals surface area (Å²) in [7, 11) is 1.65. The molecule has 0 aromatic carbocycles. The number of morpholine rings is 1. The summed E-state index contributed by atoms with van der Waals surface area (Å²) in [4.78, 5) is 104. The van der Waals surface area contributed by atoms with Gasteiger partial charge in [0.15, 0.2) is 0 Å². The molecule has 21 heteroatoms. The number of carbonyl (C=O) groups excluding carboxylic acids is 6. The maximum atomic E-state index is 15.3. The second-order valence-corrected chi connectivity index (χ2v) is 20.6. The summed E-state index contributed by atoms with van der Waals surface area (Å²) in [6, 6.07) is 5.83. The third-order valence-electron chi connectivity index (χ3n) is 14.2. The molecule has 1 fully saturated rings. The summed E-state index contributed by atoms with van der Waals surface area (Å²) in [5, 5.41) is 14.1. The van der Waals surface area contributed by atoms with Gasteiger partial charge in [-0.2, -0.15) is 0 Å². The number of allylic oxidation sites excluding steroid dienone is 2. The van der Waals surface area contributed by atoms with Crippen LogP contribution in [0.4, 0.5) is 4.79 Å². The lowest BCUT2D eigenvalue weighted by molar-refractivity contribution is -0.139. The van der Waals surface area contributed by atoms with Crippen LogP contribution in [0.5, 0.6) is 0 Å². The Hall–Kier alpha value is -6.78. The van der Waals surface area contributed by atoms with Gasteiger partial charge in [0.05, 0.1) is 86.5 Å². The lowest BCUT2D eigenvalue weighted by atomic mass is 9.84. The highest BCUT2D eigenvalue weighted by Crippen LogP contribution is 2.44. The fourth-order valence-corrected chi connectivity index (χ4v) is 9.90. The zero-order chi connectivity index (χ0) is 55.6. The quantitative estimate of drug-likeness (QED) is 0.0358. The van der Waals surface area contributed by atoms with Crippen molar-refractivity contribution in [2.45, 2.75) is 92.1 Å². The highest BCUT2D eigenvalue weighted by atomic mass is 16.6. The number of aliphatic hydroxyl groups is 1. The molecule has 5 amide bonds. The minimum Gasteiger partial charge on any atom is -0.460 e. The van der Waals surface area contributed by atoms with Crippen LogP contribution in [0, 0.1) is 13.8 Å². The highest BCUT2D eigenvalue weighted by Gasteiger charge is 2.41. The van der Waals surface area contributed by atoms with Gasteiger partial charge in [-0.25, -0.2) is 14.6 Å². The molecule has 8 bridgehead atoms. The van der Waals surface area contributed by atoms with Gasteiger partial charge in [-0.05, 0) is 101 Å². The van der Waals surface area contributed by atoms with Crippen LogP contribution in [0.25, 0.3) is 39.3 Å². The molecule has 7 heterocycles. The number of nitrogens with zero attached hydrogens (tertiary/aromatic N) is 5. The van der Waals surface area contributed by atoms with E-state index in [9.17, 15) is 24.0 Å². The molecule has 5 N–H and O–H groups in total. The molecule has 0 unspecified atom stereocenters. The molecule has 0 radical (unpaired) electrons. The maximum Gasteiger partial charge on any atom is 0.408 e. The number of rotatable bonds is 22. The largest absolute Gasteiger partial charge is 0.460 e. The van der Waals surface area contributed by atoms with Crippen molar-refractivity contribution < 1.29 is 57.6 Å². The number of imide groups is 1. The first kappa shape index (κ1) is 57.9. The topological polar surface area (TPSA) is 260 Å². The van der Waals surface area contributed by atoms with Crippen LogP contribution in [0.15, 0.2) is 24.3 Å². The Morgan fingerprint density at radius 1 is 0.883 bits per heavy atom. The van der Waals surface area contributed by atoms with Crippen molar-refractivity contribution in [3.05, 3.63) is 74.9 Å². The van der Waals surface area contributed by atoms with Gasteiger partial charge < -0.3 is 54.3 Å². The molecule has 0 spiro atoms. The third kappa shape index (κ3) is 14.2. The van der Waals surface area contributed by atoms with Crippen molar-refractivity contribution in [3.63, 3.8) is 0 Å². The minimum absolute atomic E-state index is 0.0297. The zero-order valence-electron chi connectivity index (χ0n) is 45.9. The molecule has 3 aromatic heterocycles. The number of H-pyrrole nitrogens is 2. The van der Waals surface area contributed by atoms with Gasteiger partial charge in [0.25, 0.3) is 11.8 Å². The van der Waals surface area contributed by atoms with Gasteiger partial charge in [-0.15, -0.1) is 0 Å².